The molecule has 3 heterocycles. The van der Waals surface area contributed by atoms with E-state index < -0.39 is 53.8 Å². The molecular formula is C14H18N5O12P3. The van der Waals surface area contributed by atoms with Crippen molar-refractivity contribution in [1.29, 1.82) is 5.26 Å². The van der Waals surface area contributed by atoms with Gasteiger partial charge in [0.25, 0.3) is 0 Å². The molecule has 1 saturated heterocycles. The number of ether oxygens (including phenoxy) is 1. The molecule has 1 aliphatic rings. The molecule has 186 valence electrons. The van der Waals surface area contributed by atoms with Gasteiger partial charge in [0.15, 0.2) is 5.82 Å². The Kier molecular flexibility index (Phi) is 7.20. The van der Waals surface area contributed by atoms with Gasteiger partial charge in [0.2, 0.25) is 5.60 Å². The van der Waals surface area contributed by atoms with Crippen LogP contribution in [0.5, 0.6) is 0 Å². The van der Waals surface area contributed by atoms with Crippen molar-refractivity contribution in [2.45, 2.75) is 17.8 Å². The van der Waals surface area contributed by atoms with Gasteiger partial charge in [-0.25, -0.2) is 23.2 Å². The van der Waals surface area contributed by atoms with E-state index in [2.05, 4.69) is 29.8 Å². The quantitative estimate of drug-likeness (QED) is 0.179. The number of phosphoric ester groups is 1. The molecule has 0 spiro atoms. The first-order valence-electron chi connectivity index (χ1n) is 8.91. The lowest BCUT2D eigenvalue weighted by Gasteiger charge is -2.25. The van der Waals surface area contributed by atoms with Crippen molar-refractivity contribution in [1.82, 2.24) is 14.6 Å². The van der Waals surface area contributed by atoms with Crippen molar-refractivity contribution in [2.24, 2.45) is 5.92 Å². The Morgan fingerprint density at radius 2 is 1.94 bits per heavy atom. The monoisotopic (exact) mass is 541 g/mol. The topological polar surface area (TPSA) is 269 Å². The van der Waals surface area contributed by atoms with E-state index in [-0.39, 0.29) is 11.5 Å². The van der Waals surface area contributed by atoms with Crippen LogP contribution in [0.25, 0.3) is 5.52 Å². The minimum Gasteiger partial charge on any atom is -0.390 e. The van der Waals surface area contributed by atoms with Gasteiger partial charge >= 0.3 is 23.5 Å². The van der Waals surface area contributed by atoms with Gasteiger partial charge in [-0.05, 0) is 12.1 Å². The summed E-state index contributed by atoms with van der Waals surface area (Å²) in [5, 5.41) is 24.7. The number of hydrogen-bond donors (Lipinski definition) is 6. The van der Waals surface area contributed by atoms with Crippen molar-refractivity contribution in [3.05, 3.63) is 36.8 Å². The zero-order chi connectivity index (χ0) is 25.5. The Hall–Kier alpha value is -2.02. The van der Waals surface area contributed by atoms with Gasteiger partial charge in [-0.15, -0.1) is 6.58 Å². The molecule has 17 nitrogen and oxygen atoms in total. The van der Waals surface area contributed by atoms with Crippen molar-refractivity contribution < 1.29 is 56.3 Å². The number of anilines is 1. The van der Waals surface area contributed by atoms with E-state index in [0.717, 1.165) is 6.33 Å². The third-order valence-electron chi connectivity index (χ3n) is 4.66. The number of fused-ring (bicyclic) bond motifs is 1. The first-order chi connectivity index (χ1) is 15.6. The molecule has 7 N–H and O–H groups in total. The summed E-state index contributed by atoms with van der Waals surface area (Å²) >= 11 is 0. The Morgan fingerprint density at radius 3 is 2.53 bits per heavy atom. The van der Waals surface area contributed by atoms with Crippen LogP contribution in [-0.4, -0.2) is 58.1 Å². The fraction of sp³-hybridized carbons (Fsp3) is 0.357. The lowest BCUT2D eigenvalue weighted by molar-refractivity contribution is -0.0527. The Labute approximate surface area is 190 Å². The molecule has 2 unspecified atom stereocenters. The second-order valence-corrected chi connectivity index (χ2v) is 11.2. The van der Waals surface area contributed by atoms with Crippen LogP contribution in [-0.2, 0) is 37.2 Å². The van der Waals surface area contributed by atoms with Crippen molar-refractivity contribution in [2.75, 3.05) is 12.3 Å². The Morgan fingerprint density at radius 1 is 1.26 bits per heavy atom. The zero-order valence-corrected chi connectivity index (χ0v) is 19.4. The highest BCUT2D eigenvalue weighted by molar-refractivity contribution is 7.66. The predicted molar refractivity (Wildman–Crippen MR) is 109 cm³/mol. The van der Waals surface area contributed by atoms with Gasteiger partial charge in [-0.2, -0.15) is 19.0 Å². The molecule has 2 aromatic rings. The second-order valence-electron chi connectivity index (χ2n) is 6.80. The normalized spacial score (nSPS) is 28.8. The molecule has 1 fully saturated rings. The maximum absolute atomic E-state index is 12.0. The number of nitrogen functional groups attached to an aromatic ring is 1. The number of nitrogens with two attached hydrogens (primary N) is 1. The smallest absolute Gasteiger partial charge is 0.390 e. The average molecular weight is 541 g/mol. The van der Waals surface area contributed by atoms with Gasteiger partial charge in [0.1, 0.15) is 24.0 Å². The molecule has 0 saturated carbocycles. The molecule has 0 aromatic carbocycles. The van der Waals surface area contributed by atoms with Gasteiger partial charge in [-0.3, -0.25) is 4.52 Å². The summed E-state index contributed by atoms with van der Waals surface area (Å²) in [6.45, 7) is 2.61. The number of aliphatic hydroxyl groups excluding tert-OH is 1. The van der Waals surface area contributed by atoms with Crippen molar-refractivity contribution >= 4 is 34.8 Å². The molecule has 0 bridgehead atoms. The number of nitriles is 1. The summed E-state index contributed by atoms with van der Waals surface area (Å²) in [5.74, 6) is -1.03. The number of rotatable bonds is 9. The minimum atomic E-state index is -5.74. The summed E-state index contributed by atoms with van der Waals surface area (Å²) < 4.78 is 52.9. The van der Waals surface area contributed by atoms with Crippen LogP contribution in [0.3, 0.4) is 0 Å². The van der Waals surface area contributed by atoms with E-state index in [1.807, 2.05) is 6.07 Å². The van der Waals surface area contributed by atoms with Gasteiger partial charge in [0.05, 0.1) is 24.3 Å². The van der Waals surface area contributed by atoms with Gasteiger partial charge in [0, 0.05) is 0 Å². The summed E-state index contributed by atoms with van der Waals surface area (Å²) in [7, 11) is -16.8. The van der Waals surface area contributed by atoms with Crippen LogP contribution in [0.2, 0.25) is 0 Å². The maximum atomic E-state index is 12.0. The lowest BCUT2D eigenvalue weighted by atomic mass is 9.83. The highest BCUT2D eigenvalue weighted by atomic mass is 31.3. The SMILES string of the molecule is C=C[C@@H]1[C@H](O)[C@@H](COP(=O)(O)OP(=O)(O)OP(=O)(O)O)O[C@@]1(C#N)c1ccc2c(N)ncnn12. The van der Waals surface area contributed by atoms with E-state index in [0.29, 0.717) is 5.52 Å². The fourth-order valence-electron chi connectivity index (χ4n) is 3.39. The molecule has 20 heteroatoms. The third-order valence-corrected chi connectivity index (χ3v) is 8.46. The molecule has 0 amide bonds. The van der Waals surface area contributed by atoms with E-state index >= 15 is 0 Å². The van der Waals surface area contributed by atoms with Gasteiger partial charge in [-0.1, -0.05) is 6.08 Å². The van der Waals surface area contributed by atoms with Crippen LogP contribution >= 0.6 is 23.5 Å². The number of aromatic nitrogens is 3. The van der Waals surface area contributed by atoms with Gasteiger partial charge < -0.3 is 35.2 Å². The molecule has 0 radical (unpaired) electrons. The molecule has 0 aliphatic carbocycles. The highest BCUT2D eigenvalue weighted by Gasteiger charge is 2.57. The second kappa shape index (κ2) is 9.21. The Balaban J connectivity index is 1.85. The molecule has 34 heavy (non-hydrogen) atoms. The average Bonchev–Trinajstić information content (AvgIpc) is 3.24. The van der Waals surface area contributed by atoms with Crippen LogP contribution in [0.15, 0.2) is 31.1 Å². The first-order valence-corrected chi connectivity index (χ1v) is 13.4. The standard InChI is InChI=1S/C14H18N5O12P3/c1-2-8-12(20)10(5-28-33(24,25)31-34(26,27)30-32(21,22)23)29-14(8,6-15)11-4-3-9-13(16)17-7-18-19(9)11/h2-4,7-8,10,12,20H,1,5H2,(H,24,25)(H,26,27)(H2,16,17,18)(H2,21,22,23)/t8-,10-,12+,14-/m1/s1. The molecule has 1 aliphatic heterocycles. The minimum absolute atomic E-state index is 0.0900. The summed E-state index contributed by atoms with van der Waals surface area (Å²) in [4.78, 5) is 39.8. The van der Waals surface area contributed by atoms with Crippen molar-refractivity contribution in [3.63, 3.8) is 0 Å². The predicted octanol–water partition coefficient (Wildman–Crippen LogP) is -0.0644. The molecule has 6 atom stereocenters. The van der Waals surface area contributed by atoms with E-state index in [9.17, 15) is 33.9 Å². The summed E-state index contributed by atoms with van der Waals surface area (Å²) in [6.07, 6.45) is -0.702. The number of hydrogen-bond acceptors (Lipinski definition) is 12. The van der Waals surface area contributed by atoms with Crippen molar-refractivity contribution in [3.8, 4) is 6.07 Å². The largest absolute Gasteiger partial charge is 0.490 e. The molecule has 3 rings (SSSR count). The number of phosphoric acid groups is 3. The van der Waals surface area contributed by atoms with E-state index in [4.69, 9.17) is 20.3 Å². The van der Waals surface area contributed by atoms with Crippen LogP contribution in [0.4, 0.5) is 5.82 Å². The van der Waals surface area contributed by atoms with Crippen LogP contribution in [0.1, 0.15) is 5.69 Å². The number of nitrogens with zero attached hydrogens (tertiary/aromatic N) is 4. The first kappa shape index (κ1) is 26.6. The zero-order valence-electron chi connectivity index (χ0n) is 16.8. The van der Waals surface area contributed by atoms with E-state index in [1.165, 1.54) is 22.7 Å². The summed E-state index contributed by atoms with van der Waals surface area (Å²) in [6, 6.07) is 4.87. The molecular weight excluding hydrogens is 523 g/mol. The lowest BCUT2D eigenvalue weighted by Crippen LogP contribution is -2.34. The maximum Gasteiger partial charge on any atom is 0.490 e. The van der Waals surface area contributed by atoms with Crippen LogP contribution in [0, 0.1) is 17.2 Å². The van der Waals surface area contributed by atoms with E-state index in [1.54, 1.807) is 0 Å². The highest BCUT2D eigenvalue weighted by Crippen LogP contribution is 2.66. The molecule has 2 aromatic heterocycles. The Bertz CT molecular complexity index is 1290. The number of aliphatic hydroxyl groups is 1. The van der Waals surface area contributed by atoms with Crippen LogP contribution < -0.4 is 5.73 Å². The summed E-state index contributed by atoms with van der Waals surface area (Å²) in [5.41, 5.74) is 4.30. The third kappa shape index (κ3) is 5.29. The fourth-order valence-corrected chi connectivity index (χ4v) is 6.42.